The highest BCUT2D eigenvalue weighted by Crippen LogP contribution is 2.32. The first-order chi connectivity index (χ1) is 14.4. The number of nitrogens with one attached hydrogen (secondary N) is 1. The lowest BCUT2D eigenvalue weighted by atomic mass is 9.91. The summed E-state index contributed by atoms with van der Waals surface area (Å²) in [7, 11) is 0. The first-order valence-corrected chi connectivity index (χ1v) is 10.2. The molecule has 1 unspecified atom stereocenters. The first-order valence-electron chi connectivity index (χ1n) is 10.2. The third-order valence-corrected chi connectivity index (χ3v) is 5.29. The lowest BCUT2D eigenvalue weighted by molar-refractivity contribution is -0.130. The van der Waals surface area contributed by atoms with E-state index in [0.717, 1.165) is 56.2 Å². The Labute approximate surface area is 176 Å². The van der Waals surface area contributed by atoms with E-state index < -0.39 is 5.97 Å². The molecule has 2 aromatic heterocycles. The first kappa shape index (κ1) is 21.7. The van der Waals surface area contributed by atoms with Gasteiger partial charge in [-0.15, -0.1) is 0 Å². The minimum atomic E-state index is -0.937. The van der Waals surface area contributed by atoms with Crippen molar-refractivity contribution < 1.29 is 19.4 Å². The molecule has 160 valence electrons. The van der Waals surface area contributed by atoms with Crippen molar-refractivity contribution in [2.75, 3.05) is 26.2 Å². The summed E-state index contributed by atoms with van der Waals surface area (Å²) < 4.78 is 5.95. The molecule has 2 aliphatic heterocycles. The number of hydrogen-bond donors (Lipinski definition) is 2. The van der Waals surface area contributed by atoms with Crippen LogP contribution in [0, 0.1) is 6.92 Å². The monoisotopic (exact) mass is 412 g/mol. The molecule has 0 spiro atoms. The predicted molar refractivity (Wildman–Crippen MR) is 112 cm³/mol. The molecular formula is C22H28N4O4. The van der Waals surface area contributed by atoms with Crippen LogP contribution in [0.5, 0.6) is 5.88 Å². The number of aryl methyl sites for hydroxylation is 1. The number of hydrogen-bond acceptors (Lipinski definition) is 6. The molecule has 0 aliphatic carbocycles. The average molecular weight is 412 g/mol. The normalized spacial score (nSPS) is 18.6. The maximum absolute atomic E-state index is 11.6. The summed E-state index contributed by atoms with van der Waals surface area (Å²) in [6, 6.07) is 7.24. The Morgan fingerprint density at radius 2 is 2.03 bits per heavy atom. The quantitative estimate of drug-likeness (QED) is 0.793. The van der Waals surface area contributed by atoms with Gasteiger partial charge < -0.3 is 20.1 Å². The number of aromatic carboxylic acids is 1. The van der Waals surface area contributed by atoms with Crippen molar-refractivity contribution >= 4 is 11.9 Å². The second kappa shape index (κ2) is 10.2. The van der Waals surface area contributed by atoms with Gasteiger partial charge in [-0.2, -0.15) is 0 Å². The number of nitrogens with zero attached hydrogens (tertiary/aromatic N) is 3. The molecule has 2 fully saturated rings. The molecule has 8 heteroatoms. The van der Waals surface area contributed by atoms with Crippen LogP contribution in [0.4, 0.5) is 0 Å². The molecule has 2 saturated heterocycles. The van der Waals surface area contributed by atoms with E-state index >= 15 is 0 Å². The number of likely N-dealkylation sites (tertiary alicyclic amines) is 1. The molecule has 4 rings (SSSR count). The second-order valence-corrected chi connectivity index (χ2v) is 7.59. The molecule has 2 aromatic rings. The van der Waals surface area contributed by atoms with E-state index in [4.69, 9.17) is 9.84 Å². The summed E-state index contributed by atoms with van der Waals surface area (Å²) in [5, 5.41) is 11.6. The molecular weight excluding hydrogens is 384 g/mol. The average Bonchev–Trinajstić information content (AvgIpc) is 2.72. The van der Waals surface area contributed by atoms with Crippen molar-refractivity contribution in [3.8, 4) is 5.88 Å². The topological polar surface area (TPSA) is 105 Å². The van der Waals surface area contributed by atoms with Crippen LogP contribution >= 0.6 is 0 Å². The molecule has 30 heavy (non-hydrogen) atoms. The maximum Gasteiger partial charge on any atom is 0.337 e. The fraction of sp³-hybridized carbons (Fsp3) is 0.455. The van der Waals surface area contributed by atoms with Gasteiger partial charge in [-0.05, 0) is 38.0 Å². The minimum Gasteiger partial charge on any atom is -0.478 e. The summed E-state index contributed by atoms with van der Waals surface area (Å²) in [6.45, 7) is 6.88. The Morgan fingerprint density at radius 1 is 1.23 bits per heavy atom. The summed E-state index contributed by atoms with van der Waals surface area (Å²) in [5.41, 5.74) is 2.20. The molecule has 1 amide bonds. The highest BCUT2D eigenvalue weighted by atomic mass is 16.5. The van der Waals surface area contributed by atoms with Crippen LogP contribution in [0.3, 0.4) is 0 Å². The highest BCUT2D eigenvalue weighted by Gasteiger charge is 2.27. The number of aromatic nitrogens is 2. The van der Waals surface area contributed by atoms with Crippen molar-refractivity contribution in [1.82, 2.24) is 20.2 Å². The number of carboxylic acids is 1. The number of rotatable bonds is 4. The summed E-state index contributed by atoms with van der Waals surface area (Å²) in [4.78, 5) is 32.0. The lowest BCUT2D eigenvalue weighted by Gasteiger charge is -2.34. The van der Waals surface area contributed by atoms with Crippen molar-refractivity contribution in [2.24, 2.45) is 0 Å². The molecule has 4 heterocycles. The number of carbonyl (C=O) groups is 2. The van der Waals surface area contributed by atoms with Crippen LogP contribution in [-0.2, 0) is 4.79 Å². The van der Waals surface area contributed by atoms with Gasteiger partial charge in [0.2, 0.25) is 11.8 Å². The molecule has 8 nitrogen and oxygen atoms in total. The number of amides is 1. The van der Waals surface area contributed by atoms with Crippen molar-refractivity contribution in [3.63, 3.8) is 0 Å². The SMILES string of the molecule is CC(=O)N1CCCC(c2cccnc2OC2CNC2)C1.Cc1ccc(C(=O)O)cn1. The van der Waals surface area contributed by atoms with E-state index in [2.05, 4.69) is 21.4 Å². The van der Waals surface area contributed by atoms with E-state index in [9.17, 15) is 9.59 Å². The van der Waals surface area contributed by atoms with E-state index in [0.29, 0.717) is 5.92 Å². The minimum absolute atomic E-state index is 0.157. The molecule has 2 aliphatic rings. The summed E-state index contributed by atoms with van der Waals surface area (Å²) >= 11 is 0. The van der Waals surface area contributed by atoms with Gasteiger partial charge in [0.15, 0.2) is 0 Å². The van der Waals surface area contributed by atoms with Crippen LogP contribution in [0.15, 0.2) is 36.7 Å². The van der Waals surface area contributed by atoms with E-state index in [1.165, 1.54) is 12.3 Å². The fourth-order valence-corrected chi connectivity index (χ4v) is 3.43. The van der Waals surface area contributed by atoms with Crippen LogP contribution in [0.25, 0.3) is 0 Å². The Balaban J connectivity index is 0.000000216. The number of piperidine rings is 1. The molecule has 0 aromatic carbocycles. The smallest absolute Gasteiger partial charge is 0.337 e. The molecule has 2 N–H and O–H groups in total. The van der Waals surface area contributed by atoms with E-state index in [1.807, 2.05) is 17.9 Å². The number of carboxylic acid groups (broad SMARTS) is 1. The van der Waals surface area contributed by atoms with E-state index in [1.54, 1.807) is 19.2 Å². The lowest BCUT2D eigenvalue weighted by Crippen LogP contribution is -2.50. The third kappa shape index (κ3) is 5.76. The largest absolute Gasteiger partial charge is 0.478 e. The zero-order chi connectivity index (χ0) is 21.5. The van der Waals surface area contributed by atoms with Gasteiger partial charge in [-0.3, -0.25) is 9.78 Å². The standard InChI is InChI=1S/C15H21N3O2.C7H7NO2/c1-11(19)18-7-3-4-12(10-18)14-5-2-6-17-15(14)20-13-8-16-9-13;1-5-2-3-6(4-8-5)7(9)10/h2,5-6,12-13,16H,3-4,7-10H2,1H3;2-4H,1H3,(H,9,10). The zero-order valence-corrected chi connectivity index (χ0v) is 17.4. The number of ether oxygens (including phenoxy) is 1. The molecule has 0 bridgehead atoms. The fourth-order valence-electron chi connectivity index (χ4n) is 3.43. The Morgan fingerprint density at radius 3 is 2.63 bits per heavy atom. The van der Waals surface area contributed by atoms with Gasteiger partial charge in [0.1, 0.15) is 6.10 Å². The predicted octanol–water partition coefficient (Wildman–Crippen LogP) is 2.25. The van der Waals surface area contributed by atoms with Crippen molar-refractivity contribution in [2.45, 2.75) is 38.7 Å². The Bertz CT molecular complexity index is 868. The molecule has 1 atom stereocenters. The van der Waals surface area contributed by atoms with Gasteiger partial charge >= 0.3 is 5.97 Å². The van der Waals surface area contributed by atoms with Gasteiger partial charge in [-0.1, -0.05) is 6.07 Å². The van der Waals surface area contributed by atoms with Crippen molar-refractivity contribution in [1.29, 1.82) is 0 Å². The van der Waals surface area contributed by atoms with Crippen LogP contribution in [0.2, 0.25) is 0 Å². The third-order valence-electron chi connectivity index (χ3n) is 5.29. The maximum atomic E-state index is 11.6. The van der Waals surface area contributed by atoms with Gasteiger partial charge in [0.05, 0.1) is 5.56 Å². The summed E-state index contributed by atoms with van der Waals surface area (Å²) in [6.07, 6.45) is 5.49. The van der Waals surface area contributed by atoms with Crippen molar-refractivity contribution in [3.05, 3.63) is 53.5 Å². The zero-order valence-electron chi connectivity index (χ0n) is 17.4. The van der Waals surface area contributed by atoms with Crippen LogP contribution in [0.1, 0.15) is 47.3 Å². The molecule has 0 saturated carbocycles. The van der Waals surface area contributed by atoms with Gasteiger partial charge in [0, 0.05) is 62.7 Å². The van der Waals surface area contributed by atoms with E-state index in [-0.39, 0.29) is 17.6 Å². The Kier molecular flexibility index (Phi) is 7.35. The Hall–Kier alpha value is -3.00. The van der Waals surface area contributed by atoms with Crippen LogP contribution < -0.4 is 10.1 Å². The summed E-state index contributed by atoms with van der Waals surface area (Å²) in [5.74, 6) is 0.301. The molecule has 0 radical (unpaired) electrons. The van der Waals surface area contributed by atoms with Gasteiger partial charge in [0.25, 0.3) is 0 Å². The number of carbonyl (C=O) groups excluding carboxylic acids is 1. The number of pyridine rings is 2. The van der Waals surface area contributed by atoms with Gasteiger partial charge in [-0.25, -0.2) is 9.78 Å². The highest BCUT2D eigenvalue weighted by molar-refractivity contribution is 5.87. The van der Waals surface area contributed by atoms with Crippen LogP contribution in [-0.4, -0.2) is 64.1 Å². The second-order valence-electron chi connectivity index (χ2n) is 7.59.